The molecule has 0 spiro atoms. The van der Waals surface area contributed by atoms with Gasteiger partial charge < -0.3 is 9.47 Å². The molecule has 136 valence electrons. The molecule has 0 saturated carbocycles. The Morgan fingerprint density at radius 3 is 2.88 bits per heavy atom. The van der Waals surface area contributed by atoms with E-state index in [1.165, 1.54) is 0 Å². The molecule has 0 radical (unpaired) electrons. The zero-order valence-corrected chi connectivity index (χ0v) is 15.4. The molecule has 1 fully saturated rings. The van der Waals surface area contributed by atoms with Gasteiger partial charge in [0, 0.05) is 24.4 Å². The molecule has 1 aromatic heterocycles. The zero-order chi connectivity index (χ0) is 18.9. The van der Waals surface area contributed by atoms with E-state index in [-0.39, 0.29) is 12.1 Å². The van der Waals surface area contributed by atoms with Crippen LogP contribution in [-0.2, 0) is 9.47 Å². The van der Waals surface area contributed by atoms with Gasteiger partial charge in [0.15, 0.2) is 0 Å². The number of carbonyl (C=O) groups is 1. The molecule has 0 aromatic carbocycles. The number of amides is 1. The van der Waals surface area contributed by atoms with Crippen LogP contribution in [0.4, 0.5) is 10.6 Å². The highest BCUT2D eigenvalue weighted by atomic mass is 16.6. The third-order valence-electron chi connectivity index (χ3n) is 3.99. The predicted molar refractivity (Wildman–Crippen MR) is 103 cm³/mol. The Morgan fingerprint density at radius 1 is 1.50 bits per heavy atom. The number of carbonyl (C=O) groups excluding carboxylic acids is 1. The molecule has 0 aliphatic carbocycles. The number of ether oxygens (including phenoxy) is 2. The number of cyclic esters (lactones) is 1. The van der Waals surface area contributed by atoms with Crippen LogP contribution >= 0.6 is 0 Å². The number of methoxy groups -OCH3 is 1. The van der Waals surface area contributed by atoms with Crippen molar-refractivity contribution in [3.05, 3.63) is 60.3 Å². The quantitative estimate of drug-likeness (QED) is 0.576. The smallest absolute Gasteiger partial charge is 0.416 e. The molecule has 1 saturated heterocycles. The topological polar surface area (TPSA) is 51.7 Å². The Bertz CT molecular complexity index is 754. The van der Waals surface area contributed by atoms with Crippen molar-refractivity contribution in [2.45, 2.75) is 32.4 Å². The SMILES string of the molecule is C=C/C(C#Cc1ccc(N2C(=O)OC(COC)C2CC)nc1)=C\C=C/C. The summed E-state index contributed by atoms with van der Waals surface area (Å²) in [7, 11) is 1.59. The first-order chi connectivity index (χ1) is 12.6. The molecular formula is C21H24N2O3. The van der Waals surface area contributed by atoms with Crippen LogP contribution in [0, 0.1) is 11.8 Å². The third-order valence-corrected chi connectivity index (χ3v) is 3.99. The van der Waals surface area contributed by atoms with E-state index in [2.05, 4.69) is 23.4 Å². The second-order valence-electron chi connectivity index (χ2n) is 5.73. The molecule has 0 bridgehead atoms. The molecule has 5 heteroatoms. The largest absolute Gasteiger partial charge is 0.441 e. The normalized spacial score (nSPS) is 20.0. The van der Waals surface area contributed by atoms with Gasteiger partial charge in [-0.15, -0.1) is 0 Å². The number of rotatable bonds is 6. The van der Waals surface area contributed by atoms with Gasteiger partial charge in [-0.25, -0.2) is 9.78 Å². The number of aromatic nitrogens is 1. The van der Waals surface area contributed by atoms with Gasteiger partial charge in [0.25, 0.3) is 0 Å². The highest BCUT2D eigenvalue weighted by Crippen LogP contribution is 2.27. The highest BCUT2D eigenvalue weighted by molar-refractivity contribution is 5.89. The van der Waals surface area contributed by atoms with Gasteiger partial charge in [-0.1, -0.05) is 43.6 Å². The fraction of sp³-hybridized carbons (Fsp3) is 0.333. The Morgan fingerprint density at radius 2 is 2.31 bits per heavy atom. The van der Waals surface area contributed by atoms with Crippen LogP contribution in [-0.4, -0.2) is 36.9 Å². The zero-order valence-electron chi connectivity index (χ0n) is 15.4. The first kappa shape index (κ1) is 19.5. The van der Waals surface area contributed by atoms with Gasteiger partial charge >= 0.3 is 6.09 Å². The van der Waals surface area contributed by atoms with Crippen LogP contribution in [0.5, 0.6) is 0 Å². The van der Waals surface area contributed by atoms with Crippen LogP contribution in [0.3, 0.4) is 0 Å². The van der Waals surface area contributed by atoms with E-state index in [4.69, 9.17) is 9.47 Å². The number of pyridine rings is 1. The van der Waals surface area contributed by atoms with E-state index in [1.807, 2.05) is 38.1 Å². The van der Waals surface area contributed by atoms with E-state index in [0.29, 0.717) is 12.4 Å². The second-order valence-corrected chi connectivity index (χ2v) is 5.73. The predicted octanol–water partition coefficient (Wildman–Crippen LogP) is 3.87. The van der Waals surface area contributed by atoms with Crippen LogP contribution in [0.15, 0.2) is 54.8 Å². The van der Waals surface area contributed by atoms with Crippen LogP contribution < -0.4 is 4.90 Å². The summed E-state index contributed by atoms with van der Waals surface area (Å²) in [6, 6.07) is 3.53. The molecule has 0 N–H and O–H groups in total. The monoisotopic (exact) mass is 352 g/mol. The van der Waals surface area contributed by atoms with Crippen LogP contribution in [0.2, 0.25) is 0 Å². The lowest BCUT2D eigenvalue weighted by Crippen LogP contribution is -2.38. The van der Waals surface area contributed by atoms with Crippen molar-refractivity contribution in [2.24, 2.45) is 0 Å². The summed E-state index contributed by atoms with van der Waals surface area (Å²) in [6.45, 7) is 8.07. The lowest BCUT2D eigenvalue weighted by Gasteiger charge is -2.22. The maximum Gasteiger partial charge on any atom is 0.416 e. The third kappa shape index (κ3) is 4.62. The summed E-state index contributed by atoms with van der Waals surface area (Å²) in [5.41, 5.74) is 1.58. The average molecular weight is 352 g/mol. The number of nitrogens with zero attached hydrogens (tertiary/aromatic N) is 2. The van der Waals surface area contributed by atoms with Crippen molar-refractivity contribution in [1.82, 2.24) is 4.98 Å². The minimum Gasteiger partial charge on any atom is -0.441 e. The maximum atomic E-state index is 12.2. The summed E-state index contributed by atoms with van der Waals surface area (Å²) in [6.07, 6.45) is 9.16. The maximum absolute atomic E-state index is 12.2. The van der Waals surface area contributed by atoms with Crippen molar-refractivity contribution in [3.8, 4) is 11.8 Å². The molecule has 2 atom stereocenters. The molecule has 1 aromatic rings. The molecule has 1 aliphatic heterocycles. The molecule has 1 amide bonds. The first-order valence-electron chi connectivity index (χ1n) is 8.56. The van der Waals surface area contributed by atoms with Crippen molar-refractivity contribution in [3.63, 3.8) is 0 Å². The number of allylic oxidation sites excluding steroid dienone is 5. The van der Waals surface area contributed by atoms with Crippen molar-refractivity contribution in [1.29, 1.82) is 0 Å². The Balaban J connectivity index is 2.19. The molecule has 2 heterocycles. The fourth-order valence-corrected chi connectivity index (χ4v) is 2.69. The Labute approximate surface area is 155 Å². The van der Waals surface area contributed by atoms with Crippen molar-refractivity contribution >= 4 is 11.9 Å². The first-order valence-corrected chi connectivity index (χ1v) is 8.56. The van der Waals surface area contributed by atoms with Gasteiger partial charge in [-0.05, 0) is 31.6 Å². The molecule has 5 nitrogen and oxygen atoms in total. The van der Waals surface area contributed by atoms with Crippen LogP contribution in [0.25, 0.3) is 0 Å². The standard InChI is InChI=1S/C21H24N2O3/c1-5-8-9-16(6-2)10-11-17-12-13-20(22-14-17)23-18(7-3)19(15-25-4)26-21(23)24/h5-6,8-9,12-14,18-19H,2,7,15H2,1,3-4H3/b8-5-,16-9+. The van der Waals surface area contributed by atoms with Crippen molar-refractivity contribution in [2.75, 3.05) is 18.6 Å². The van der Waals surface area contributed by atoms with Gasteiger partial charge in [0.2, 0.25) is 0 Å². The summed E-state index contributed by atoms with van der Waals surface area (Å²) < 4.78 is 10.5. The van der Waals surface area contributed by atoms with Crippen LogP contribution in [0.1, 0.15) is 25.8 Å². The molecule has 26 heavy (non-hydrogen) atoms. The minimum atomic E-state index is -0.395. The van der Waals surface area contributed by atoms with E-state index < -0.39 is 6.09 Å². The average Bonchev–Trinajstić information content (AvgIpc) is 2.97. The molecule has 2 rings (SSSR count). The Hall–Kier alpha value is -2.84. The van der Waals surface area contributed by atoms with E-state index >= 15 is 0 Å². The summed E-state index contributed by atoms with van der Waals surface area (Å²) in [5.74, 6) is 6.64. The molecule has 1 aliphatic rings. The summed E-state index contributed by atoms with van der Waals surface area (Å²) >= 11 is 0. The number of anilines is 1. The van der Waals surface area contributed by atoms with E-state index in [9.17, 15) is 4.79 Å². The van der Waals surface area contributed by atoms with Gasteiger partial charge in [-0.3, -0.25) is 4.90 Å². The van der Waals surface area contributed by atoms with Crippen molar-refractivity contribution < 1.29 is 14.3 Å². The minimum absolute atomic E-state index is 0.0944. The van der Waals surface area contributed by atoms with E-state index in [0.717, 1.165) is 17.6 Å². The fourth-order valence-electron chi connectivity index (χ4n) is 2.69. The van der Waals surface area contributed by atoms with Gasteiger partial charge in [-0.2, -0.15) is 0 Å². The Kier molecular flexibility index (Phi) is 7.19. The molecule has 2 unspecified atom stereocenters. The van der Waals surface area contributed by atoms with Gasteiger partial charge in [0.05, 0.1) is 12.6 Å². The second kappa shape index (κ2) is 9.59. The lowest BCUT2D eigenvalue weighted by atomic mass is 10.1. The lowest BCUT2D eigenvalue weighted by molar-refractivity contribution is 0.0587. The highest BCUT2D eigenvalue weighted by Gasteiger charge is 2.42. The number of hydrogen-bond donors (Lipinski definition) is 0. The summed E-state index contributed by atoms with van der Waals surface area (Å²) in [4.78, 5) is 18.2. The molecular weight excluding hydrogens is 328 g/mol. The summed E-state index contributed by atoms with van der Waals surface area (Å²) in [5, 5.41) is 0. The number of hydrogen-bond acceptors (Lipinski definition) is 4. The van der Waals surface area contributed by atoms with Gasteiger partial charge in [0.1, 0.15) is 11.9 Å². The van der Waals surface area contributed by atoms with E-state index in [1.54, 1.807) is 30.3 Å².